The molecule has 0 aliphatic rings. The van der Waals surface area contributed by atoms with Crippen LogP contribution in [0.25, 0.3) is 33.2 Å². The van der Waals surface area contributed by atoms with Gasteiger partial charge in [-0.1, -0.05) is 26.0 Å². The van der Waals surface area contributed by atoms with E-state index >= 15 is 0 Å². The predicted octanol–water partition coefficient (Wildman–Crippen LogP) is 7.40. The van der Waals surface area contributed by atoms with E-state index < -0.39 is 32.8 Å². The number of alkyl halides is 1. The molecule has 0 saturated carbocycles. The Kier molecular flexibility index (Phi) is 17.9. The van der Waals surface area contributed by atoms with E-state index in [4.69, 9.17) is 12.2 Å². The fourth-order valence-corrected chi connectivity index (χ4v) is 7.47. The first-order valence-electron chi connectivity index (χ1n) is 20.6. The number of aromatic carboxylic acids is 1. The second kappa shape index (κ2) is 23.5. The molecule has 0 radical (unpaired) electrons. The van der Waals surface area contributed by atoms with Crippen molar-refractivity contribution in [1.29, 1.82) is 0 Å². The zero-order valence-electron chi connectivity index (χ0n) is 37.7. The van der Waals surface area contributed by atoms with Gasteiger partial charge in [0, 0.05) is 54.1 Å². The summed E-state index contributed by atoms with van der Waals surface area (Å²) in [6, 6.07) is 17.4. The Labute approximate surface area is 397 Å². The Balaban J connectivity index is 0.000000238. The van der Waals surface area contributed by atoms with Gasteiger partial charge in [-0.25, -0.2) is 49.7 Å². The number of pyridine rings is 4. The van der Waals surface area contributed by atoms with Crippen molar-refractivity contribution in [2.75, 3.05) is 19.7 Å². The molecule has 0 spiro atoms. The maximum Gasteiger partial charge on any atom is 0.338 e. The molecule has 0 aliphatic heterocycles. The minimum Gasteiger partial charge on any atom is -0.478 e. The Bertz CT molecular complexity index is 3220. The van der Waals surface area contributed by atoms with Crippen LogP contribution in [0.1, 0.15) is 72.0 Å². The highest BCUT2D eigenvalue weighted by atomic mass is 35.5. The number of sulfone groups is 2. The number of carboxylic acids is 1. The number of benzene rings is 2. The summed E-state index contributed by atoms with van der Waals surface area (Å²) in [6.07, 6.45) is 15.5. The lowest BCUT2D eigenvalue weighted by molar-refractivity contribution is 0.0698. The molecule has 68 heavy (non-hydrogen) atoms. The molecule has 17 nitrogen and oxygen atoms in total. The highest BCUT2D eigenvalue weighted by Crippen LogP contribution is 2.24. The zero-order chi connectivity index (χ0) is 49.8. The zero-order valence-corrected chi connectivity index (χ0v) is 39.2. The van der Waals surface area contributed by atoms with Gasteiger partial charge in [0.05, 0.1) is 72.9 Å². The molecular weight excluding hydrogens is 949 g/mol. The van der Waals surface area contributed by atoms with Crippen molar-refractivity contribution in [2.45, 2.75) is 48.8 Å². The molecule has 8 rings (SSSR count). The number of aromatic nitrogens is 8. The first-order chi connectivity index (χ1) is 32.3. The minimum absolute atomic E-state index is 0. The fraction of sp³-hybridized carbons (Fsp3) is 0.200. The van der Waals surface area contributed by atoms with Crippen LogP contribution < -0.4 is 11.1 Å². The fourth-order valence-electron chi connectivity index (χ4n) is 6.35. The second-order valence-corrected chi connectivity index (χ2v) is 18.4. The third-order valence-corrected chi connectivity index (χ3v) is 11.9. The molecule has 0 aliphatic carbocycles. The van der Waals surface area contributed by atoms with Crippen LogP contribution in [0.2, 0.25) is 0 Å². The van der Waals surface area contributed by atoms with Crippen LogP contribution in [0.4, 0.5) is 13.2 Å². The van der Waals surface area contributed by atoms with Crippen LogP contribution in [0.5, 0.6) is 0 Å². The predicted molar refractivity (Wildman–Crippen MR) is 251 cm³/mol. The maximum atomic E-state index is 13.3. The van der Waals surface area contributed by atoms with E-state index in [0.717, 1.165) is 24.5 Å². The molecule has 6 heterocycles. The van der Waals surface area contributed by atoms with E-state index in [1.807, 2.05) is 13.8 Å². The van der Waals surface area contributed by atoms with Gasteiger partial charge >= 0.3 is 5.97 Å². The molecule has 0 unspecified atom stereocenters. The smallest absolute Gasteiger partial charge is 0.338 e. The average Bonchev–Trinajstić information content (AvgIpc) is 3.96. The van der Waals surface area contributed by atoms with E-state index in [0.29, 0.717) is 50.7 Å². The number of rotatable bonds is 11. The molecular formula is C45H46ClF3N10O7S2. The van der Waals surface area contributed by atoms with Crippen LogP contribution >= 0.6 is 12.4 Å². The first kappa shape index (κ1) is 51.8. The Morgan fingerprint density at radius 2 is 1.10 bits per heavy atom. The van der Waals surface area contributed by atoms with E-state index in [9.17, 15) is 39.6 Å². The van der Waals surface area contributed by atoms with Gasteiger partial charge in [-0.15, -0.1) is 12.4 Å². The van der Waals surface area contributed by atoms with Crippen LogP contribution in [0, 0.1) is 11.6 Å². The number of nitrogens with one attached hydrogen (secondary N) is 1. The second-order valence-electron chi connectivity index (χ2n) is 14.5. The van der Waals surface area contributed by atoms with Gasteiger partial charge < -0.3 is 16.2 Å². The lowest BCUT2D eigenvalue weighted by atomic mass is 10.1. The van der Waals surface area contributed by atoms with Crippen molar-refractivity contribution in [2.24, 2.45) is 5.73 Å². The Morgan fingerprint density at radius 1 is 0.676 bits per heavy atom. The summed E-state index contributed by atoms with van der Waals surface area (Å²) in [6.45, 7) is 3.87. The number of carboxylic acid groups (broad SMARTS) is 1. The molecule has 8 aromatic rings. The van der Waals surface area contributed by atoms with Gasteiger partial charge in [0.15, 0.2) is 29.7 Å². The normalized spacial score (nSPS) is 12.1. The molecule has 0 saturated heterocycles. The average molecular weight is 997 g/mol. The Hall–Kier alpha value is -7.14. The summed E-state index contributed by atoms with van der Waals surface area (Å²) in [5.41, 5.74) is 10.2. The van der Waals surface area contributed by atoms with E-state index in [1.165, 1.54) is 78.3 Å². The highest BCUT2D eigenvalue weighted by Gasteiger charge is 2.20. The van der Waals surface area contributed by atoms with E-state index in [-0.39, 0.29) is 57.6 Å². The topological polar surface area (TPSA) is 248 Å². The number of halogens is 4. The van der Waals surface area contributed by atoms with Crippen LogP contribution in [0.15, 0.2) is 132 Å². The van der Waals surface area contributed by atoms with Gasteiger partial charge in [-0.05, 0) is 84.6 Å². The SMILES string of the molecule is CC[C@H](N)c1ccc(S(C)(=O)=O)nc1.CC[C@H](NC(=O)c1cncc2c1cnn2-c1ccc(F)cc1)c1ccc(S(C)(=O)=O)nc1.Cl.O=C(O)c1cncc2c1cnn2-c1ccc(F)cc1.[2H]CF. The van der Waals surface area contributed by atoms with Crippen molar-refractivity contribution in [1.82, 2.24) is 44.8 Å². The Morgan fingerprint density at radius 3 is 1.49 bits per heavy atom. The summed E-state index contributed by atoms with van der Waals surface area (Å²) >= 11 is 0. The van der Waals surface area contributed by atoms with Gasteiger partial charge in [0.1, 0.15) is 11.6 Å². The highest BCUT2D eigenvalue weighted by molar-refractivity contribution is 7.90. The lowest BCUT2D eigenvalue weighted by Gasteiger charge is -2.17. The summed E-state index contributed by atoms with van der Waals surface area (Å²) < 4.78 is 90.2. The minimum atomic E-state index is -3.40. The number of nitrogens with two attached hydrogens (primary N) is 1. The summed E-state index contributed by atoms with van der Waals surface area (Å²) in [5.74, 6) is -2.10. The molecule has 0 bridgehead atoms. The number of carbonyl (C=O) groups is 2. The van der Waals surface area contributed by atoms with Gasteiger partial charge in [0.2, 0.25) is 0 Å². The van der Waals surface area contributed by atoms with E-state index in [1.54, 1.807) is 53.5 Å². The van der Waals surface area contributed by atoms with Crippen LogP contribution in [-0.4, -0.2) is 93.0 Å². The maximum absolute atomic E-state index is 13.3. The van der Waals surface area contributed by atoms with Crippen LogP contribution in [-0.2, 0) is 19.7 Å². The number of carbonyl (C=O) groups excluding carboxylic acids is 1. The number of fused-ring (bicyclic) bond motifs is 2. The van der Waals surface area contributed by atoms with Crippen molar-refractivity contribution < 1.29 is 46.1 Å². The van der Waals surface area contributed by atoms with Crippen molar-refractivity contribution >= 4 is 65.8 Å². The van der Waals surface area contributed by atoms with Gasteiger partial charge in [0.25, 0.3) is 5.91 Å². The van der Waals surface area contributed by atoms with Crippen molar-refractivity contribution in [3.8, 4) is 11.4 Å². The van der Waals surface area contributed by atoms with Gasteiger partial charge in [-0.3, -0.25) is 19.2 Å². The largest absolute Gasteiger partial charge is 0.478 e. The molecule has 6 aromatic heterocycles. The third-order valence-electron chi connectivity index (χ3n) is 9.87. The number of hydrogen-bond donors (Lipinski definition) is 3. The molecule has 0 fully saturated rings. The summed E-state index contributed by atoms with van der Waals surface area (Å²) in [4.78, 5) is 40.1. The quantitative estimate of drug-likeness (QED) is 0.114. The lowest BCUT2D eigenvalue weighted by Crippen LogP contribution is -2.28. The number of nitrogens with zero attached hydrogens (tertiary/aromatic N) is 8. The van der Waals surface area contributed by atoms with E-state index in [2.05, 4.69) is 35.5 Å². The van der Waals surface area contributed by atoms with Crippen molar-refractivity contribution in [3.63, 3.8) is 0 Å². The summed E-state index contributed by atoms with van der Waals surface area (Å²) in [5, 5.41) is 21.6. The van der Waals surface area contributed by atoms with Gasteiger partial charge in [-0.2, -0.15) is 10.2 Å². The molecule has 23 heteroatoms. The monoisotopic (exact) mass is 995 g/mol. The molecule has 4 N–H and O–H groups in total. The molecule has 2 aromatic carbocycles. The number of amides is 1. The van der Waals surface area contributed by atoms with Crippen LogP contribution in [0.3, 0.4) is 0 Å². The standard InChI is InChI=1S/C22H20FN5O3S.C13H8FN3O2.C9H14N2O2S.CH3F.ClH/c1-3-19(14-4-9-21(25-10-14)32(2,30)31)27-22(29)18-11-24-13-20-17(18)12-26-28(20)16-7-5-15(23)6-8-16;14-8-1-3-9(4-2-8)17-12-7-15-5-11(13(18)19)10(12)6-16-17;1-3-8(10)7-4-5-9(11-6-7)14(2,12)13;1-2;/h4-13,19H,3H2,1-2H3,(H,27,29);1-7H,(H,18,19);4-6,8H,3,10H2,1-2H3;1H3;1H/t19-;;8-;;/m0.0../s1/i;;;1D;. The molecule has 2 atom stereocenters. The number of hydrogen-bond acceptors (Lipinski definition) is 13. The third kappa shape index (κ3) is 13.1. The molecule has 1 amide bonds. The summed E-state index contributed by atoms with van der Waals surface area (Å²) in [7, 11) is -7.61. The first-order valence-corrected chi connectivity index (χ1v) is 23.7. The molecule has 358 valence electrons. The van der Waals surface area contributed by atoms with Crippen molar-refractivity contribution in [3.05, 3.63) is 156 Å².